The molecule has 2 atom stereocenters. The number of hydrogen-bond donors (Lipinski definition) is 1. The van der Waals surface area contributed by atoms with E-state index in [0.717, 1.165) is 0 Å². The summed E-state index contributed by atoms with van der Waals surface area (Å²) in [7, 11) is 0. The molecule has 3 rings (SSSR count). The van der Waals surface area contributed by atoms with Gasteiger partial charge in [-0.1, -0.05) is 12.1 Å². The number of nitrogens with one attached hydrogen (secondary N) is 1. The molecule has 0 spiro atoms. The SMILES string of the molecule is CC1(C(=O)C2=NNCC2c2cccc([N+](=O)[O-])c2)CO1. The van der Waals surface area contributed by atoms with Crippen molar-refractivity contribution in [2.75, 3.05) is 13.2 Å². The smallest absolute Gasteiger partial charge is 0.269 e. The first-order valence-corrected chi connectivity index (χ1v) is 6.25. The fourth-order valence-corrected chi connectivity index (χ4v) is 2.25. The fraction of sp³-hybridized carbons (Fsp3) is 0.385. The molecule has 2 heterocycles. The van der Waals surface area contributed by atoms with Gasteiger partial charge in [0.1, 0.15) is 5.71 Å². The summed E-state index contributed by atoms with van der Waals surface area (Å²) in [6, 6.07) is 6.29. The first-order valence-electron chi connectivity index (χ1n) is 6.25. The van der Waals surface area contributed by atoms with Crippen LogP contribution < -0.4 is 5.43 Å². The minimum absolute atomic E-state index is 0.00934. The van der Waals surface area contributed by atoms with E-state index in [4.69, 9.17) is 4.74 Å². The first kappa shape index (κ1) is 12.7. The third kappa shape index (κ3) is 2.05. The van der Waals surface area contributed by atoms with Crippen molar-refractivity contribution >= 4 is 17.2 Å². The number of ether oxygens (including phenoxy) is 1. The van der Waals surface area contributed by atoms with E-state index in [1.54, 1.807) is 19.1 Å². The fourth-order valence-electron chi connectivity index (χ4n) is 2.25. The van der Waals surface area contributed by atoms with Crippen LogP contribution in [-0.2, 0) is 9.53 Å². The Morgan fingerprint density at radius 1 is 1.60 bits per heavy atom. The molecule has 1 N–H and O–H groups in total. The normalized spacial score (nSPS) is 27.6. The average Bonchev–Trinajstić information content (AvgIpc) is 3.02. The number of hydrazone groups is 1. The lowest BCUT2D eigenvalue weighted by Crippen LogP contribution is -2.32. The molecule has 1 fully saturated rings. The van der Waals surface area contributed by atoms with E-state index >= 15 is 0 Å². The molecule has 0 bridgehead atoms. The number of rotatable bonds is 4. The van der Waals surface area contributed by atoms with E-state index in [1.807, 2.05) is 0 Å². The standard InChI is InChI=1S/C13H13N3O4/c1-13(7-20-13)12(17)11-10(6-14-15-11)8-3-2-4-9(5-8)16(18)19/h2-5,10,14H,6-7H2,1H3. The van der Waals surface area contributed by atoms with Gasteiger partial charge in [0.2, 0.25) is 5.78 Å². The lowest BCUT2D eigenvalue weighted by Gasteiger charge is -2.12. The number of nitro groups is 1. The van der Waals surface area contributed by atoms with Gasteiger partial charge in [0.15, 0.2) is 5.60 Å². The Balaban J connectivity index is 1.90. The second kappa shape index (κ2) is 4.38. The number of carbonyl (C=O) groups is 1. The first-order chi connectivity index (χ1) is 9.51. The monoisotopic (exact) mass is 275 g/mol. The van der Waals surface area contributed by atoms with E-state index in [2.05, 4.69) is 10.5 Å². The van der Waals surface area contributed by atoms with Crippen LogP contribution in [0.1, 0.15) is 18.4 Å². The van der Waals surface area contributed by atoms with Crippen molar-refractivity contribution in [1.82, 2.24) is 5.43 Å². The van der Waals surface area contributed by atoms with E-state index in [1.165, 1.54) is 12.1 Å². The van der Waals surface area contributed by atoms with Crippen molar-refractivity contribution in [3.05, 3.63) is 39.9 Å². The maximum absolute atomic E-state index is 12.3. The van der Waals surface area contributed by atoms with Crippen molar-refractivity contribution < 1.29 is 14.5 Å². The highest BCUT2D eigenvalue weighted by Gasteiger charge is 2.51. The van der Waals surface area contributed by atoms with Gasteiger partial charge in [-0.05, 0) is 12.5 Å². The molecule has 20 heavy (non-hydrogen) atoms. The van der Waals surface area contributed by atoms with Gasteiger partial charge < -0.3 is 10.2 Å². The molecule has 0 saturated carbocycles. The summed E-state index contributed by atoms with van der Waals surface area (Å²) < 4.78 is 5.15. The summed E-state index contributed by atoms with van der Waals surface area (Å²) in [5.41, 5.74) is 3.12. The predicted octanol–water partition coefficient (Wildman–Crippen LogP) is 0.996. The van der Waals surface area contributed by atoms with E-state index in [0.29, 0.717) is 24.4 Å². The summed E-state index contributed by atoms with van der Waals surface area (Å²) in [5.74, 6) is -0.428. The Hall–Kier alpha value is -2.28. The minimum atomic E-state index is -0.774. The number of hydrogen-bond acceptors (Lipinski definition) is 6. The second-order valence-electron chi connectivity index (χ2n) is 5.11. The minimum Gasteiger partial charge on any atom is -0.361 e. The zero-order valence-electron chi connectivity index (χ0n) is 10.8. The van der Waals surface area contributed by atoms with E-state index < -0.39 is 10.5 Å². The zero-order valence-corrected chi connectivity index (χ0v) is 10.8. The van der Waals surface area contributed by atoms with Gasteiger partial charge in [0.25, 0.3) is 5.69 Å². The number of nitro benzene ring substituents is 1. The molecule has 1 aromatic carbocycles. The van der Waals surface area contributed by atoms with Gasteiger partial charge in [0, 0.05) is 18.7 Å². The molecule has 0 aromatic heterocycles. The number of carbonyl (C=O) groups excluding carboxylic acids is 1. The summed E-state index contributed by atoms with van der Waals surface area (Å²) >= 11 is 0. The third-order valence-electron chi connectivity index (χ3n) is 3.60. The Labute approximate surface area is 114 Å². The summed E-state index contributed by atoms with van der Waals surface area (Å²) in [6.07, 6.45) is 0. The van der Waals surface area contributed by atoms with Crippen molar-refractivity contribution in [2.45, 2.75) is 18.4 Å². The number of ketones is 1. The van der Waals surface area contributed by atoms with Crippen LogP contribution in [0.5, 0.6) is 0 Å². The van der Waals surface area contributed by atoms with E-state index in [9.17, 15) is 14.9 Å². The Kier molecular flexibility index (Phi) is 2.79. The zero-order chi connectivity index (χ0) is 14.3. The second-order valence-corrected chi connectivity index (χ2v) is 5.11. The van der Waals surface area contributed by atoms with E-state index in [-0.39, 0.29) is 17.4 Å². The third-order valence-corrected chi connectivity index (χ3v) is 3.60. The van der Waals surface area contributed by atoms with Crippen molar-refractivity contribution in [3.8, 4) is 0 Å². The molecule has 104 valence electrons. The predicted molar refractivity (Wildman–Crippen MR) is 70.6 cm³/mol. The van der Waals surface area contributed by atoms with Gasteiger partial charge in [-0.3, -0.25) is 14.9 Å². The maximum atomic E-state index is 12.3. The highest BCUT2D eigenvalue weighted by atomic mass is 16.6. The van der Waals surface area contributed by atoms with Gasteiger partial charge in [-0.25, -0.2) is 0 Å². The molecule has 7 nitrogen and oxygen atoms in total. The molecule has 1 saturated heterocycles. The Morgan fingerprint density at radius 2 is 2.35 bits per heavy atom. The van der Waals surface area contributed by atoms with Gasteiger partial charge >= 0.3 is 0 Å². The number of epoxide rings is 1. The topological polar surface area (TPSA) is 97.1 Å². The van der Waals surface area contributed by atoms with Crippen LogP contribution in [0.3, 0.4) is 0 Å². The molecule has 0 aliphatic carbocycles. The van der Waals surface area contributed by atoms with Crippen molar-refractivity contribution in [3.63, 3.8) is 0 Å². The molecule has 0 amide bonds. The molecule has 0 radical (unpaired) electrons. The van der Waals surface area contributed by atoms with Crippen LogP contribution in [0, 0.1) is 10.1 Å². The molecule has 2 unspecified atom stereocenters. The van der Waals surface area contributed by atoms with Crippen LogP contribution in [0.15, 0.2) is 29.4 Å². The van der Waals surface area contributed by atoms with Crippen LogP contribution >= 0.6 is 0 Å². The highest BCUT2D eigenvalue weighted by Crippen LogP contribution is 2.32. The molecule has 1 aromatic rings. The Morgan fingerprint density at radius 3 is 3.00 bits per heavy atom. The van der Waals surface area contributed by atoms with Crippen LogP contribution in [0.4, 0.5) is 5.69 Å². The highest BCUT2D eigenvalue weighted by molar-refractivity contribution is 6.45. The van der Waals surface area contributed by atoms with Gasteiger partial charge in [-0.15, -0.1) is 0 Å². The number of nitrogens with zero attached hydrogens (tertiary/aromatic N) is 2. The van der Waals surface area contributed by atoms with Gasteiger partial charge in [-0.2, -0.15) is 5.10 Å². The molecular formula is C13H13N3O4. The number of non-ortho nitro benzene ring substituents is 1. The van der Waals surface area contributed by atoms with Gasteiger partial charge in [0.05, 0.1) is 17.4 Å². The largest absolute Gasteiger partial charge is 0.361 e. The Bertz CT molecular complexity index is 622. The van der Waals surface area contributed by atoms with Crippen LogP contribution in [0.25, 0.3) is 0 Å². The number of Topliss-reactive ketones (excluding diaryl/α,β-unsaturated/α-hetero) is 1. The quantitative estimate of drug-likeness (QED) is 0.502. The van der Waals surface area contributed by atoms with Crippen LogP contribution in [-0.4, -0.2) is 35.2 Å². The van der Waals surface area contributed by atoms with Crippen molar-refractivity contribution in [1.29, 1.82) is 0 Å². The maximum Gasteiger partial charge on any atom is 0.269 e. The van der Waals surface area contributed by atoms with Crippen LogP contribution in [0.2, 0.25) is 0 Å². The lowest BCUT2D eigenvalue weighted by atomic mass is 9.88. The molecule has 2 aliphatic rings. The molecular weight excluding hydrogens is 262 g/mol. The van der Waals surface area contributed by atoms with Crippen molar-refractivity contribution in [2.24, 2.45) is 5.10 Å². The summed E-state index contributed by atoms with van der Waals surface area (Å²) in [5, 5.41) is 14.9. The molecule has 2 aliphatic heterocycles. The molecule has 7 heteroatoms. The average molecular weight is 275 g/mol. The number of benzene rings is 1. The summed E-state index contributed by atoms with van der Waals surface area (Å²) in [6.45, 7) is 2.57. The summed E-state index contributed by atoms with van der Waals surface area (Å²) in [4.78, 5) is 22.7. The lowest BCUT2D eigenvalue weighted by molar-refractivity contribution is -0.384.